The topological polar surface area (TPSA) is 48.4 Å². The van der Waals surface area contributed by atoms with Crippen LogP contribution in [0.1, 0.15) is 64.5 Å². The van der Waals surface area contributed by atoms with Gasteiger partial charge in [0.2, 0.25) is 0 Å². The molecule has 33 heavy (non-hydrogen) atoms. The number of aromatic nitrogens is 1. The maximum atomic E-state index is 12.6. The summed E-state index contributed by atoms with van der Waals surface area (Å²) in [6.07, 6.45) is -0.451. The van der Waals surface area contributed by atoms with Gasteiger partial charge in [-0.25, -0.2) is 0 Å². The van der Waals surface area contributed by atoms with E-state index in [0.29, 0.717) is 5.02 Å². The maximum Gasteiger partial charge on any atom is 0.311 e. The van der Waals surface area contributed by atoms with Gasteiger partial charge >= 0.3 is 5.97 Å². The van der Waals surface area contributed by atoms with E-state index in [4.69, 9.17) is 26.1 Å². The second-order valence-electron chi connectivity index (χ2n) is 10.6. The number of rotatable bonds is 5. The molecular formula is C28H34ClNO3. The van der Waals surface area contributed by atoms with Gasteiger partial charge in [0.15, 0.2) is 0 Å². The number of carbonyl (C=O) groups is 1. The van der Waals surface area contributed by atoms with Gasteiger partial charge in [0, 0.05) is 16.1 Å². The lowest BCUT2D eigenvalue weighted by Crippen LogP contribution is -2.30. The van der Waals surface area contributed by atoms with Crippen molar-refractivity contribution in [3.05, 3.63) is 64.3 Å². The third-order valence-electron chi connectivity index (χ3n) is 5.31. The molecule has 0 N–H and O–H groups in total. The lowest BCUT2D eigenvalue weighted by atomic mass is 9.88. The molecule has 5 heteroatoms. The smallest absolute Gasteiger partial charge is 0.311 e. The van der Waals surface area contributed by atoms with Gasteiger partial charge in [0.25, 0.3) is 0 Å². The van der Waals surface area contributed by atoms with Gasteiger partial charge in [-0.15, -0.1) is 0 Å². The van der Waals surface area contributed by atoms with Gasteiger partial charge in [-0.3, -0.25) is 9.78 Å². The minimum absolute atomic E-state index is 0.125. The number of halogens is 1. The predicted molar refractivity (Wildman–Crippen MR) is 136 cm³/mol. The zero-order valence-electron chi connectivity index (χ0n) is 20.9. The molecule has 1 atom stereocenters. The van der Waals surface area contributed by atoms with Crippen molar-refractivity contribution in [3.8, 4) is 11.1 Å². The Hall–Kier alpha value is -2.43. The van der Waals surface area contributed by atoms with E-state index in [0.717, 1.165) is 38.9 Å². The van der Waals surface area contributed by atoms with Crippen molar-refractivity contribution in [1.82, 2.24) is 4.98 Å². The summed E-state index contributed by atoms with van der Waals surface area (Å²) in [5.41, 5.74) is 4.90. The third-order valence-corrected chi connectivity index (χ3v) is 5.56. The average Bonchev–Trinajstić information content (AvgIpc) is 2.69. The highest BCUT2D eigenvalue weighted by Crippen LogP contribution is 2.40. The molecule has 0 saturated heterocycles. The van der Waals surface area contributed by atoms with Crippen LogP contribution in [0.3, 0.4) is 0 Å². The summed E-state index contributed by atoms with van der Waals surface area (Å²) in [5, 5.41) is 1.70. The fourth-order valence-electron chi connectivity index (χ4n) is 3.84. The number of hydrogen-bond acceptors (Lipinski definition) is 4. The second-order valence-corrected chi connectivity index (χ2v) is 11.0. The summed E-state index contributed by atoms with van der Waals surface area (Å²) >= 11 is 6.19. The van der Waals surface area contributed by atoms with E-state index in [1.54, 1.807) is 0 Å². The van der Waals surface area contributed by atoms with Crippen LogP contribution in [0.5, 0.6) is 0 Å². The number of esters is 1. The number of ether oxygens (including phenoxy) is 2. The van der Waals surface area contributed by atoms with Crippen molar-refractivity contribution in [1.29, 1.82) is 0 Å². The summed E-state index contributed by atoms with van der Waals surface area (Å²) in [6.45, 7) is 15.7. The molecule has 0 unspecified atom stereocenters. The van der Waals surface area contributed by atoms with Crippen LogP contribution in [-0.4, -0.2) is 23.2 Å². The SMILES string of the molecule is Cc1ccc2c(-c3ccc(Cl)cc3)c([C@H](COC(=O)C(C)(C)C)OC(C)(C)C)c(C)cc2n1. The summed E-state index contributed by atoms with van der Waals surface area (Å²) in [7, 11) is 0. The molecule has 0 bridgehead atoms. The van der Waals surface area contributed by atoms with E-state index in [9.17, 15) is 4.79 Å². The lowest BCUT2D eigenvalue weighted by Gasteiger charge is -2.31. The fourth-order valence-corrected chi connectivity index (χ4v) is 3.96. The zero-order chi connectivity index (χ0) is 24.6. The Morgan fingerprint density at radius 3 is 2.21 bits per heavy atom. The summed E-state index contributed by atoms with van der Waals surface area (Å²) < 4.78 is 12.3. The van der Waals surface area contributed by atoms with Crippen LogP contribution < -0.4 is 0 Å². The Bertz CT molecular complexity index is 1150. The Kier molecular flexibility index (Phi) is 7.21. The van der Waals surface area contributed by atoms with Gasteiger partial charge < -0.3 is 9.47 Å². The Morgan fingerprint density at radius 2 is 1.64 bits per heavy atom. The molecule has 0 aliphatic carbocycles. The first-order valence-corrected chi connectivity index (χ1v) is 11.7. The van der Waals surface area contributed by atoms with Crippen LogP contribution in [-0.2, 0) is 14.3 Å². The number of hydrogen-bond donors (Lipinski definition) is 0. The monoisotopic (exact) mass is 467 g/mol. The zero-order valence-corrected chi connectivity index (χ0v) is 21.6. The van der Waals surface area contributed by atoms with Gasteiger partial charge in [-0.1, -0.05) is 29.8 Å². The molecule has 0 amide bonds. The number of carbonyl (C=O) groups excluding carboxylic acids is 1. The normalized spacial score (nSPS) is 13.2. The van der Waals surface area contributed by atoms with Crippen LogP contribution in [0.15, 0.2) is 42.5 Å². The van der Waals surface area contributed by atoms with Crippen molar-refractivity contribution < 1.29 is 14.3 Å². The van der Waals surface area contributed by atoms with E-state index in [2.05, 4.69) is 19.1 Å². The van der Waals surface area contributed by atoms with Crippen molar-refractivity contribution in [3.63, 3.8) is 0 Å². The van der Waals surface area contributed by atoms with E-state index >= 15 is 0 Å². The molecule has 1 aromatic heterocycles. The standard InChI is InChI=1S/C28H34ClNO3/c1-17-15-22-21(14-9-18(2)30-22)25(19-10-12-20(29)13-11-19)24(17)23(33-28(6,7)8)16-32-26(31)27(3,4)5/h9-15,23H,16H2,1-8H3/t23-/m0/s1. The molecule has 4 nitrogen and oxygen atoms in total. The van der Waals surface area contributed by atoms with Gasteiger partial charge in [0.1, 0.15) is 12.7 Å². The molecule has 0 radical (unpaired) electrons. The van der Waals surface area contributed by atoms with Crippen molar-refractivity contribution in [2.24, 2.45) is 5.41 Å². The van der Waals surface area contributed by atoms with Gasteiger partial charge in [-0.05, 0) is 102 Å². The molecule has 3 rings (SSSR count). The van der Waals surface area contributed by atoms with E-state index in [1.807, 2.05) is 78.8 Å². The highest BCUT2D eigenvalue weighted by Gasteiger charge is 2.30. The summed E-state index contributed by atoms with van der Waals surface area (Å²) in [6, 6.07) is 14.0. The molecule has 0 fully saturated rings. The van der Waals surface area contributed by atoms with Crippen LogP contribution in [0.25, 0.3) is 22.0 Å². The molecule has 0 saturated carbocycles. The van der Waals surface area contributed by atoms with Crippen LogP contribution in [0.2, 0.25) is 5.02 Å². The van der Waals surface area contributed by atoms with Crippen molar-refractivity contribution in [2.45, 2.75) is 67.1 Å². The van der Waals surface area contributed by atoms with E-state index < -0.39 is 17.1 Å². The molecule has 2 aromatic carbocycles. The van der Waals surface area contributed by atoms with Crippen LogP contribution >= 0.6 is 11.6 Å². The number of benzene rings is 2. The highest BCUT2D eigenvalue weighted by molar-refractivity contribution is 6.30. The van der Waals surface area contributed by atoms with Crippen molar-refractivity contribution in [2.75, 3.05) is 6.61 Å². The number of nitrogens with zero attached hydrogens (tertiary/aromatic N) is 1. The Morgan fingerprint density at radius 1 is 1.00 bits per heavy atom. The first-order valence-electron chi connectivity index (χ1n) is 11.3. The van der Waals surface area contributed by atoms with Crippen LogP contribution in [0.4, 0.5) is 0 Å². The van der Waals surface area contributed by atoms with Gasteiger partial charge in [-0.2, -0.15) is 0 Å². The van der Waals surface area contributed by atoms with E-state index in [-0.39, 0.29) is 12.6 Å². The highest BCUT2D eigenvalue weighted by atomic mass is 35.5. The molecule has 3 aromatic rings. The molecule has 1 heterocycles. The quantitative estimate of drug-likeness (QED) is 0.362. The largest absolute Gasteiger partial charge is 0.462 e. The van der Waals surface area contributed by atoms with Gasteiger partial charge in [0.05, 0.1) is 16.5 Å². The first-order chi connectivity index (χ1) is 15.3. The molecule has 176 valence electrons. The molecule has 0 aliphatic rings. The summed E-state index contributed by atoms with van der Waals surface area (Å²) in [5.74, 6) is -0.256. The number of fused-ring (bicyclic) bond motifs is 1. The number of aryl methyl sites for hydroxylation is 2. The Balaban J connectivity index is 2.24. The fraction of sp³-hybridized carbons (Fsp3) is 0.429. The maximum absolute atomic E-state index is 12.6. The van der Waals surface area contributed by atoms with Crippen LogP contribution in [0, 0.1) is 19.3 Å². The number of pyridine rings is 1. The molecular weight excluding hydrogens is 434 g/mol. The molecule has 0 spiro atoms. The predicted octanol–water partition coefficient (Wildman–Crippen LogP) is 7.62. The van der Waals surface area contributed by atoms with Crippen molar-refractivity contribution >= 4 is 28.5 Å². The third kappa shape index (κ3) is 6.13. The lowest BCUT2D eigenvalue weighted by molar-refractivity contribution is -0.162. The first kappa shape index (κ1) is 25.2. The van der Waals surface area contributed by atoms with E-state index in [1.165, 1.54) is 0 Å². The molecule has 0 aliphatic heterocycles. The minimum Gasteiger partial charge on any atom is -0.462 e. The minimum atomic E-state index is -0.592. The average molecular weight is 468 g/mol. The second kappa shape index (κ2) is 9.44. The summed E-state index contributed by atoms with van der Waals surface area (Å²) in [4.78, 5) is 17.4. The Labute approximate surface area is 202 Å².